The SMILES string of the molecule is BrCCCCCCCCOC1=CSSC=[C]1. The summed E-state index contributed by atoms with van der Waals surface area (Å²) in [6.07, 6.45) is 10.9. The number of allylic oxidation sites excluding steroid dienone is 1. The molecule has 4 heteroatoms. The summed E-state index contributed by atoms with van der Waals surface area (Å²) in [4.78, 5) is 0. The first-order valence-electron chi connectivity index (χ1n) is 5.73. The van der Waals surface area contributed by atoms with Gasteiger partial charge in [-0.1, -0.05) is 63.2 Å². The van der Waals surface area contributed by atoms with E-state index in [9.17, 15) is 0 Å². The van der Waals surface area contributed by atoms with Gasteiger partial charge in [-0.15, -0.1) is 0 Å². The van der Waals surface area contributed by atoms with Crippen LogP contribution in [0.2, 0.25) is 0 Å². The van der Waals surface area contributed by atoms with Gasteiger partial charge in [0.2, 0.25) is 0 Å². The van der Waals surface area contributed by atoms with E-state index >= 15 is 0 Å². The quantitative estimate of drug-likeness (QED) is 0.324. The number of hydrogen-bond acceptors (Lipinski definition) is 3. The Hall–Kier alpha value is 0.460. The number of unbranched alkanes of at least 4 members (excludes halogenated alkanes) is 5. The highest BCUT2D eigenvalue weighted by molar-refractivity contribution is 9.09. The predicted molar refractivity (Wildman–Crippen MR) is 78.5 cm³/mol. The molecule has 0 aromatic rings. The second kappa shape index (κ2) is 10.6. The van der Waals surface area contributed by atoms with Crippen LogP contribution in [0, 0.1) is 6.08 Å². The smallest absolute Gasteiger partial charge is 0.134 e. The molecule has 1 aliphatic heterocycles. The van der Waals surface area contributed by atoms with Crippen LogP contribution in [0.15, 0.2) is 16.6 Å². The first-order chi connectivity index (χ1) is 7.93. The zero-order chi connectivity index (χ0) is 11.5. The Kier molecular flexibility index (Phi) is 9.62. The summed E-state index contributed by atoms with van der Waals surface area (Å²) in [6, 6.07) is 0. The Morgan fingerprint density at radius 1 is 1.06 bits per heavy atom. The zero-order valence-corrected chi connectivity index (χ0v) is 12.6. The van der Waals surface area contributed by atoms with Crippen LogP contribution in [0.5, 0.6) is 0 Å². The standard InChI is InChI=1S/C12H18BrOS2/c13-8-5-3-1-2-4-6-9-14-12-7-10-15-16-11-12/h10-11H,1-6,8-9H2. The van der Waals surface area contributed by atoms with Crippen molar-refractivity contribution in [2.24, 2.45) is 0 Å². The Labute approximate surface area is 115 Å². The van der Waals surface area contributed by atoms with Gasteiger partial charge in [-0.3, -0.25) is 0 Å². The van der Waals surface area contributed by atoms with Gasteiger partial charge in [-0.05, 0) is 18.2 Å². The summed E-state index contributed by atoms with van der Waals surface area (Å²) in [5.74, 6) is 0.892. The van der Waals surface area contributed by atoms with Crippen LogP contribution < -0.4 is 0 Å². The lowest BCUT2D eigenvalue weighted by molar-refractivity contribution is 0.215. The third-order valence-corrected chi connectivity index (χ3v) is 4.35. The highest BCUT2D eigenvalue weighted by atomic mass is 79.9. The second-order valence-electron chi connectivity index (χ2n) is 3.60. The number of rotatable bonds is 9. The lowest BCUT2D eigenvalue weighted by Gasteiger charge is -2.08. The molecule has 0 aliphatic carbocycles. The molecule has 1 aliphatic rings. The van der Waals surface area contributed by atoms with E-state index in [1.807, 2.05) is 10.8 Å². The molecule has 0 fully saturated rings. The minimum Gasteiger partial charge on any atom is -0.492 e. The fourth-order valence-electron chi connectivity index (χ4n) is 1.38. The van der Waals surface area contributed by atoms with Gasteiger partial charge in [0, 0.05) is 16.8 Å². The third kappa shape index (κ3) is 7.69. The van der Waals surface area contributed by atoms with E-state index in [0.717, 1.165) is 24.1 Å². The van der Waals surface area contributed by atoms with E-state index in [1.54, 1.807) is 21.6 Å². The van der Waals surface area contributed by atoms with Gasteiger partial charge in [-0.25, -0.2) is 0 Å². The molecule has 0 N–H and O–H groups in total. The van der Waals surface area contributed by atoms with Crippen LogP contribution >= 0.6 is 37.5 Å². The van der Waals surface area contributed by atoms with E-state index in [4.69, 9.17) is 4.74 Å². The molecule has 1 rings (SSSR count). The van der Waals surface area contributed by atoms with E-state index < -0.39 is 0 Å². The van der Waals surface area contributed by atoms with E-state index in [2.05, 4.69) is 22.0 Å². The molecule has 0 atom stereocenters. The molecule has 16 heavy (non-hydrogen) atoms. The molecule has 1 radical (unpaired) electrons. The number of halogens is 1. The van der Waals surface area contributed by atoms with Crippen LogP contribution in [0.4, 0.5) is 0 Å². The minimum atomic E-state index is 0.830. The van der Waals surface area contributed by atoms with Gasteiger partial charge in [0.05, 0.1) is 6.61 Å². The third-order valence-electron chi connectivity index (χ3n) is 2.25. The molecular weight excluding hydrogens is 304 g/mol. The van der Waals surface area contributed by atoms with Crippen LogP contribution in [0.3, 0.4) is 0 Å². The Morgan fingerprint density at radius 3 is 2.50 bits per heavy atom. The average Bonchev–Trinajstić information content (AvgIpc) is 2.34. The van der Waals surface area contributed by atoms with Crippen LogP contribution in [0.1, 0.15) is 38.5 Å². The molecule has 0 amide bonds. The summed E-state index contributed by atoms with van der Waals surface area (Å²) >= 11 is 3.45. The van der Waals surface area contributed by atoms with Crippen molar-refractivity contribution in [1.82, 2.24) is 0 Å². The second-order valence-corrected chi connectivity index (χ2v) is 6.40. The first kappa shape index (κ1) is 14.5. The topological polar surface area (TPSA) is 9.23 Å². The molecule has 0 bridgehead atoms. The van der Waals surface area contributed by atoms with Crippen molar-refractivity contribution in [1.29, 1.82) is 0 Å². The maximum absolute atomic E-state index is 5.59. The Bertz CT molecular complexity index is 229. The van der Waals surface area contributed by atoms with Crippen molar-refractivity contribution < 1.29 is 4.74 Å². The number of hydrogen-bond donors (Lipinski definition) is 0. The van der Waals surface area contributed by atoms with Gasteiger partial charge in [-0.2, -0.15) is 0 Å². The summed E-state index contributed by atoms with van der Waals surface area (Å²) < 4.78 is 5.59. The van der Waals surface area contributed by atoms with Crippen molar-refractivity contribution in [3.63, 3.8) is 0 Å². The lowest BCUT2D eigenvalue weighted by atomic mass is 10.1. The molecule has 1 nitrogen and oxygen atoms in total. The van der Waals surface area contributed by atoms with Gasteiger partial charge >= 0.3 is 0 Å². The maximum Gasteiger partial charge on any atom is 0.134 e. The predicted octanol–water partition coefficient (Wildman–Crippen LogP) is 5.29. The van der Waals surface area contributed by atoms with Crippen molar-refractivity contribution in [3.8, 4) is 0 Å². The summed E-state index contributed by atoms with van der Waals surface area (Å²) in [5, 5.41) is 5.10. The Balaban J connectivity index is 1.84. The molecule has 91 valence electrons. The van der Waals surface area contributed by atoms with E-state index in [1.165, 1.54) is 32.1 Å². The van der Waals surface area contributed by atoms with Gasteiger partial charge in [0.25, 0.3) is 0 Å². The monoisotopic (exact) mass is 321 g/mol. The van der Waals surface area contributed by atoms with Crippen LogP contribution in [0.25, 0.3) is 0 Å². The molecule has 0 unspecified atom stereocenters. The molecule has 0 spiro atoms. The fourth-order valence-corrected chi connectivity index (χ4v) is 3.01. The van der Waals surface area contributed by atoms with Crippen molar-refractivity contribution >= 4 is 37.5 Å². The fraction of sp³-hybridized carbons (Fsp3) is 0.667. The largest absolute Gasteiger partial charge is 0.492 e. The summed E-state index contributed by atoms with van der Waals surface area (Å²) in [7, 11) is 3.36. The van der Waals surface area contributed by atoms with Crippen molar-refractivity contribution in [2.45, 2.75) is 38.5 Å². The lowest BCUT2D eigenvalue weighted by Crippen LogP contribution is -1.94. The van der Waals surface area contributed by atoms with E-state index in [0.29, 0.717) is 0 Å². The summed E-state index contributed by atoms with van der Waals surface area (Å²) in [6.45, 7) is 0.830. The Morgan fingerprint density at radius 2 is 1.81 bits per heavy atom. The van der Waals surface area contributed by atoms with Gasteiger partial charge < -0.3 is 4.74 Å². The molecular formula is C12H18BrOS2. The molecule has 0 saturated carbocycles. The molecule has 0 aromatic heterocycles. The first-order valence-corrected chi connectivity index (χ1v) is 9.12. The average molecular weight is 322 g/mol. The van der Waals surface area contributed by atoms with Gasteiger partial charge in [0.15, 0.2) is 0 Å². The molecule has 1 heterocycles. The highest BCUT2D eigenvalue weighted by Crippen LogP contribution is 2.30. The van der Waals surface area contributed by atoms with Crippen LogP contribution in [-0.2, 0) is 4.74 Å². The van der Waals surface area contributed by atoms with Crippen molar-refractivity contribution in [2.75, 3.05) is 11.9 Å². The summed E-state index contributed by atoms with van der Waals surface area (Å²) in [5.41, 5.74) is 0. The zero-order valence-electron chi connectivity index (χ0n) is 9.41. The maximum atomic E-state index is 5.59. The van der Waals surface area contributed by atoms with E-state index in [-0.39, 0.29) is 0 Å². The number of alkyl halides is 1. The minimum absolute atomic E-state index is 0.830. The highest BCUT2D eigenvalue weighted by Gasteiger charge is 1.99. The normalized spacial score (nSPS) is 14.9. The van der Waals surface area contributed by atoms with Crippen LogP contribution in [-0.4, -0.2) is 11.9 Å². The number of ether oxygens (including phenoxy) is 1. The van der Waals surface area contributed by atoms with Gasteiger partial charge in [0.1, 0.15) is 5.76 Å². The molecule has 0 aromatic carbocycles. The van der Waals surface area contributed by atoms with Crippen molar-refractivity contribution in [3.05, 3.63) is 22.7 Å². The molecule has 0 saturated heterocycles.